The zero-order valence-electron chi connectivity index (χ0n) is 11.5. The average Bonchev–Trinajstić information content (AvgIpc) is 2.64. The van der Waals surface area contributed by atoms with Gasteiger partial charge in [0.1, 0.15) is 9.79 Å². The predicted molar refractivity (Wildman–Crippen MR) is 89.2 cm³/mol. The van der Waals surface area contributed by atoms with E-state index in [4.69, 9.17) is 5.11 Å². The van der Waals surface area contributed by atoms with Crippen LogP contribution in [0.3, 0.4) is 0 Å². The van der Waals surface area contributed by atoms with E-state index in [1.807, 2.05) is 0 Å². The van der Waals surface area contributed by atoms with Crippen molar-refractivity contribution in [2.75, 3.05) is 9.03 Å². The van der Waals surface area contributed by atoms with Crippen LogP contribution in [0, 0.1) is 0 Å². The van der Waals surface area contributed by atoms with Crippen LogP contribution >= 0.6 is 21.6 Å². The first-order valence-corrected chi connectivity index (χ1v) is 9.31. The minimum Gasteiger partial charge on any atom is -0.465 e. The van der Waals surface area contributed by atoms with Crippen LogP contribution in [-0.2, 0) is 0 Å². The first-order chi connectivity index (χ1) is 10.7. The number of fused-ring (bicyclic) bond motifs is 1. The molecule has 0 spiro atoms. The van der Waals surface area contributed by atoms with Crippen LogP contribution in [0.2, 0.25) is 0 Å². The number of rotatable bonds is 2. The lowest BCUT2D eigenvalue weighted by Crippen LogP contribution is -2.24. The van der Waals surface area contributed by atoms with Crippen molar-refractivity contribution in [1.29, 1.82) is 0 Å². The van der Waals surface area contributed by atoms with E-state index in [1.54, 1.807) is 12.1 Å². The van der Waals surface area contributed by atoms with Crippen LogP contribution in [0.4, 0.5) is 16.2 Å². The number of hydrogen-bond acceptors (Lipinski definition) is 6. The predicted octanol–water partition coefficient (Wildman–Crippen LogP) is 4.35. The lowest BCUT2D eigenvalue weighted by atomic mass is 10.3. The highest BCUT2D eigenvalue weighted by Gasteiger charge is 2.47. The lowest BCUT2D eigenvalue weighted by molar-refractivity contribution is 0.209. The Balaban J connectivity index is 2.04. The van der Waals surface area contributed by atoms with Crippen molar-refractivity contribution in [3.05, 3.63) is 48.5 Å². The van der Waals surface area contributed by atoms with Crippen molar-refractivity contribution in [3.8, 4) is 0 Å². The number of carboxylic acid groups (broad SMARTS) is 1. The molecule has 0 bridgehead atoms. The van der Waals surface area contributed by atoms with Crippen LogP contribution in [0.5, 0.6) is 0 Å². The number of benzene rings is 2. The summed E-state index contributed by atoms with van der Waals surface area (Å²) >= 11 is 0. The smallest absolute Gasteiger partial charge is 0.409 e. The van der Waals surface area contributed by atoms with Gasteiger partial charge in [0.15, 0.2) is 0 Å². The highest BCUT2D eigenvalue weighted by Crippen LogP contribution is 2.77. The van der Waals surface area contributed by atoms with Gasteiger partial charge in [-0.2, -0.15) is 3.71 Å². The third-order valence-corrected chi connectivity index (χ3v) is 7.85. The molecule has 10 heteroatoms. The molecule has 0 saturated heterocycles. The molecule has 3 rings (SSSR count). The SMILES string of the molecule is O=C(O)Nc1ccc(N2S(O)(O)c3ccccc3S2(O)O)cc1. The molecular formula is C13H14N2O6S2. The van der Waals surface area contributed by atoms with E-state index in [0.29, 0.717) is 0 Å². The van der Waals surface area contributed by atoms with Crippen molar-refractivity contribution < 1.29 is 28.1 Å². The van der Waals surface area contributed by atoms with E-state index in [0.717, 1.165) is 3.71 Å². The summed E-state index contributed by atoms with van der Waals surface area (Å²) in [5.41, 5.74) is 0.419. The molecule has 6 N–H and O–H groups in total. The van der Waals surface area contributed by atoms with Gasteiger partial charge in [-0.3, -0.25) is 23.5 Å². The first-order valence-electron chi connectivity index (χ1n) is 6.30. The number of nitrogens with one attached hydrogen (secondary N) is 1. The molecule has 2 aromatic carbocycles. The molecule has 1 aliphatic heterocycles. The van der Waals surface area contributed by atoms with E-state index in [9.17, 15) is 23.0 Å². The minimum absolute atomic E-state index is 0.0627. The Kier molecular flexibility index (Phi) is 3.67. The first kappa shape index (κ1) is 15.9. The van der Waals surface area contributed by atoms with E-state index in [1.165, 1.54) is 36.4 Å². The topological polar surface area (TPSA) is 133 Å². The van der Waals surface area contributed by atoms with Gasteiger partial charge >= 0.3 is 6.09 Å². The van der Waals surface area contributed by atoms with E-state index in [2.05, 4.69) is 5.32 Å². The van der Waals surface area contributed by atoms with Gasteiger partial charge in [0.25, 0.3) is 0 Å². The maximum absolute atomic E-state index is 10.6. The second-order valence-corrected chi connectivity index (χ2v) is 8.63. The van der Waals surface area contributed by atoms with Gasteiger partial charge in [0, 0.05) is 5.69 Å². The largest absolute Gasteiger partial charge is 0.465 e. The highest BCUT2D eigenvalue weighted by molar-refractivity contribution is 8.44. The van der Waals surface area contributed by atoms with Crippen LogP contribution < -0.4 is 9.03 Å². The summed E-state index contributed by atoms with van der Waals surface area (Å²) < 4.78 is 42.7. The van der Waals surface area contributed by atoms with Crippen molar-refractivity contribution >= 4 is 39.0 Å². The molecule has 0 fully saturated rings. The highest BCUT2D eigenvalue weighted by atomic mass is 32.4. The maximum atomic E-state index is 10.6. The summed E-state index contributed by atoms with van der Waals surface area (Å²) in [6.07, 6.45) is -1.24. The van der Waals surface area contributed by atoms with E-state index >= 15 is 0 Å². The molecule has 0 saturated carbocycles. The third kappa shape index (κ3) is 2.51. The third-order valence-electron chi connectivity index (χ3n) is 3.23. The molecule has 0 aliphatic carbocycles. The summed E-state index contributed by atoms with van der Waals surface area (Å²) in [6, 6.07) is 11.5. The standard InChI is InChI=1S/C13H14N2O6S2/c16-13(17)14-9-5-7-10(8-6-9)15-22(18,19)11-3-1-2-4-12(11)23(15,20)21/h1-8,14,18-21H,(H,16,17). The van der Waals surface area contributed by atoms with Crippen molar-refractivity contribution in [2.24, 2.45) is 0 Å². The van der Waals surface area contributed by atoms with Gasteiger partial charge in [-0.25, -0.2) is 4.79 Å². The Morgan fingerprint density at radius 3 is 1.78 bits per heavy atom. The fourth-order valence-corrected chi connectivity index (χ4v) is 7.01. The molecule has 8 nitrogen and oxygen atoms in total. The molecule has 0 unspecified atom stereocenters. The van der Waals surface area contributed by atoms with Crippen molar-refractivity contribution in [2.45, 2.75) is 9.79 Å². The number of anilines is 2. The van der Waals surface area contributed by atoms with E-state index in [-0.39, 0.29) is 21.2 Å². The van der Waals surface area contributed by atoms with Gasteiger partial charge in [-0.05, 0) is 36.4 Å². The summed E-state index contributed by atoms with van der Waals surface area (Å²) in [6.45, 7) is 0. The Bertz CT molecular complexity index is 730. The maximum Gasteiger partial charge on any atom is 0.409 e. The monoisotopic (exact) mass is 358 g/mol. The average molecular weight is 358 g/mol. The summed E-state index contributed by atoms with van der Waals surface area (Å²) in [7, 11) is -7.22. The number of carbonyl (C=O) groups is 1. The van der Waals surface area contributed by atoms with Crippen LogP contribution in [0.1, 0.15) is 0 Å². The summed E-state index contributed by atoms with van der Waals surface area (Å²) in [5.74, 6) is 0. The molecule has 0 aromatic heterocycles. The van der Waals surface area contributed by atoms with Crippen LogP contribution in [-0.4, -0.2) is 29.4 Å². The zero-order valence-corrected chi connectivity index (χ0v) is 13.2. The Morgan fingerprint density at radius 1 is 0.870 bits per heavy atom. The molecule has 0 atom stereocenters. The Morgan fingerprint density at radius 2 is 1.35 bits per heavy atom. The molecular weight excluding hydrogens is 344 g/mol. The molecule has 23 heavy (non-hydrogen) atoms. The van der Waals surface area contributed by atoms with Crippen LogP contribution in [0.15, 0.2) is 58.3 Å². The molecule has 124 valence electrons. The molecule has 0 radical (unpaired) electrons. The van der Waals surface area contributed by atoms with Crippen LogP contribution in [0.25, 0.3) is 0 Å². The van der Waals surface area contributed by atoms with Gasteiger partial charge in [0.2, 0.25) is 0 Å². The normalized spacial score (nSPS) is 20.4. The van der Waals surface area contributed by atoms with Gasteiger partial charge in [-0.1, -0.05) is 33.7 Å². The second-order valence-electron chi connectivity index (χ2n) is 4.72. The molecule has 1 amide bonds. The summed E-state index contributed by atoms with van der Waals surface area (Å²) in [4.78, 5) is 10.7. The lowest BCUT2D eigenvalue weighted by Gasteiger charge is -2.45. The van der Waals surface area contributed by atoms with Gasteiger partial charge in [-0.15, -0.1) is 0 Å². The van der Waals surface area contributed by atoms with Gasteiger partial charge in [0.05, 0.1) is 5.69 Å². The minimum atomic E-state index is -3.61. The second kappa shape index (κ2) is 5.30. The summed E-state index contributed by atoms with van der Waals surface area (Å²) in [5, 5.41) is 10.8. The van der Waals surface area contributed by atoms with Crippen molar-refractivity contribution in [3.63, 3.8) is 0 Å². The Labute approximate surface area is 135 Å². The molecule has 1 heterocycles. The number of amides is 1. The quantitative estimate of drug-likeness (QED) is 0.470. The number of nitrogens with zero attached hydrogens (tertiary/aromatic N) is 1. The number of hydrogen-bond donors (Lipinski definition) is 6. The molecule has 2 aromatic rings. The zero-order chi connectivity index (χ0) is 16.8. The fourth-order valence-electron chi connectivity index (χ4n) is 2.31. The fraction of sp³-hybridized carbons (Fsp3) is 0. The van der Waals surface area contributed by atoms with E-state index < -0.39 is 27.6 Å². The Hall–Kier alpha value is -1.95. The van der Waals surface area contributed by atoms with Crippen molar-refractivity contribution in [1.82, 2.24) is 0 Å². The molecule has 1 aliphatic rings. The van der Waals surface area contributed by atoms with Gasteiger partial charge < -0.3 is 5.11 Å².